The second-order valence-corrected chi connectivity index (χ2v) is 3.40. The third-order valence-corrected chi connectivity index (χ3v) is 2.74. The van der Waals surface area contributed by atoms with Crippen molar-refractivity contribution in [3.63, 3.8) is 0 Å². The minimum atomic E-state index is -0.948. The maximum Gasteiger partial charge on any atom is 0.108 e. The summed E-state index contributed by atoms with van der Waals surface area (Å²) in [6.45, 7) is 1.44. The fourth-order valence-corrected chi connectivity index (χ4v) is 1.88. The molecule has 2 rings (SSSR count). The minimum absolute atomic E-state index is 0.0911. The first-order chi connectivity index (χ1) is 5.20. The first-order valence-electron chi connectivity index (χ1n) is 3.98. The van der Waals surface area contributed by atoms with Gasteiger partial charge in [0.25, 0.3) is 0 Å². The Morgan fingerprint density at radius 2 is 1.82 bits per heavy atom. The van der Waals surface area contributed by atoms with E-state index in [0.29, 0.717) is 6.54 Å². The molecule has 4 heteroatoms. The van der Waals surface area contributed by atoms with Crippen LogP contribution in [-0.2, 0) is 0 Å². The standard InChI is InChI=1S/C7H13NO3/c9-5-3-8-2-1-4(8)6(10)7(5)11/h4-7,9-11H,1-3H2/t4-,5-,6+,7+/m0/s1. The van der Waals surface area contributed by atoms with E-state index in [4.69, 9.17) is 0 Å². The topological polar surface area (TPSA) is 63.9 Å². The van der Waals surface area contributed by atoms with Crippen LogP contribution in [-0.4, -0.2) is 57.7 Å². The van der Waals surface area contributed by atoms with Gasteiger partial charge in [0, 0.05) is 19.1 Å². The molecule has 0 bridgehead atoms. The molecule has 2 heterocycles. The minimum Gasteiger partial charge on any atom is -0.389 e. The van der Waals surface area contributed by atoms with Gasteiger partial charge in [-0.15, -0.1) is 0 Å². The zero-order chi connectivity index (χ0) is 8.01. The molecule has 0 aromatic heterocycles. The number of hydrogen-bond donors (Lipinski definition) is 3. The highest BCUT2D eigenvalue weighted by Gasteiger charge is 2.45. The monoisotopic (exact) mass is 159 g/mol. The fraction of sp³-hybridized carbons (Fsp3) is 1.00. The number of hydrogen-bond acceptors (Lipinski definition) is 4. The maximum atomic E-state index is 9.39. The molecule has 2 fully saturated rings. The number of aliphatic hydroxyl groups is 3. The second kappa shape index (κ2) is 2.42. The molecule has 0 aromatic carbocycles. The Balaban J connectivity index is 2.06. The van der Waals surface area contributed by atoms with Crippen LogP contribution < -0.4 is 0 Å². The SMILES string of the molecule is O[C@H]1[C@H](O)[C@@H]2CCN2C[C@@H]1O. The Bertz CT molecular complexity index is 158. The van der Waals surface area contributed by atoms with Crippen LogP contribution in [0.1, 0.15) is 6.42 Å². The average Bonchev–Trinajstić information content (AvgIpc) is 1.93. The van der Waals surface area contributed by atoms with E-state index < -0.39 is 18.3 Å². The molecule has 0 spiro atoms. The molecule has 4 atom stereocenters. The summed E-state index contributed by atoms with van der Waals surface area (Å²) >= 11 is 0. The van der Waals surface area contributed by atoms with Crippen LogP contribution in [0.3, 0.4) is 0 Å². The predicted octanol–water partition coefficient (Wildman–Crippen LogP) is -1.84. The molecule has 0 aromatic rings. The molecule has 64 valence electrons. The highest BCUT2D eigenvalue weighted by molar-refractivity contribution is 4.99. The zero-order valence-electron chi connectivity index (χ0n) is 6.22. The summed E-state index contributed by atoms with van der Waals surface area (Å²) < 4.78 is 0. The van der Waals surface area contributed by atoms with Crippen molar-refractivity contribution in [1.82, 2.24) is 4.90 Å². The normalized spacial score (nSPS) is 51.5. The van der Waals surface area contributed by atoms with Crippen LogP contribution in [0.2, 0.25) is 0 Å². The van der Waals surface area contributed by atoms with Gasteiger partial charge >= 0.3 is 0 Å². The Labute approximate surface area is 65.1 Å². The highest BCUT2D eigenvalue weighted by atomic mass is 16.4. The largest absolute Gasteiger partial charge is 0.389 e. The van der Waals surface area contributed by atoms with E-state index in [1.807, 2.05) is 4.90 Å². The van der Waals surface area contributed by atoms with Crippen molar-refractivity contribution in [3.05, 3.63) is 0 Å². The van der Waals surface area contributed by atoms with Gasteiger partial charge in [0.15, 0.2) is 0 Å². The Kier molecular flexibility index (Phi) is 1.64. The van der Waals surface area contributed by atoms with Gasteiger partial charge in [-0.1, -0.05) is 0 Å². The van der Waals surface area contributed by atoms with E-state index in [9.17, 15) is 15.3 Å². The summed E-state index contributed by atoms with van der Waals surface area (Å²) in [6.07, 6.45) is -1.55. The smallest absolute Gasteiger partial charge is 0.108 e. The van der Waals surface area contributed by atoms with Crippen LogP contribution in [0, 0.1) is 0 Å². The number of rotatable bonds is 0. The second-order valence-electron chi connectivity index (χ2n) is 3.40. The zero-order valence-corrected chi connectivity index (χ0v) is 6.22. The lowest BCUT2D eigenvalue weighted by molar-refractivity contribution is -0.164. The average molecular weight is 159 g/mol. The van der Waals surface area contributed by atoms with E-state index >= 15 is 0 Å². The Morgan fingerprint density at radius 1 is 1.09 bits per heavy atom. The third kappa shape index (κ3) is 0.980. The van der Waals surface area contributed by atoms with Crippen molar-refractivity contribution in [1.29, 1.82) is 0 Å². The predicted molar refractivity (Wildman–Crippen MR) is 38.0 cm³/mol. The first-order valence-corrected chi connectivity index (χ1v) is 3.98. The van der Waals surface area contributed by atoms with Crippen LogP contribution in [0.15, 0.2) is 0 Å². The van der Waals surface area contributed by atoms with Crippen molar-refractivity contribution >= 4 is 0 Å². The lowest BCUT2D eigenvalue weighted by Crippen LogP contribution is -2.66. The summed E-state index contributed by atoms with van der Waals surface area (Å²) in [5.41, 5.74) is 0. The van der Waals surface area contributed by atoms with Gasteiger partial charge in [0.1, 0.15) is 6.10 Å². The summed E-state index contributed by atoms with van der Waals surface area (Å²) in [4.78, 5) is 2.00. The van der Waals surface area contributed by atoms with E-state index in [-0.39, 0.29) is 6.04 Å². The van der Waals surface area contributed by atoms with Gasteiger partial charge in [-0.05, 0) is 6.42 Å². The Hall–Kier alpha value is -0.160. The molecule has 0 unspecified atom stereocenters. The molecule has 0 aliphatic carbocycles. The summed E-state index contributed by atoms with van der Waals surface area (Å²) in [7, 11) is 0. The van der Waals surface area contributed by atoms with E-state index in [1.54, 1.807) is 0 Å². The molecule has 4 nitrogen and oxygen atoms in total. The van der Waals surface area contributed by atoms with Crippen molar-refractivity contribution < 1.29 is 15.3 Å². The number of piperidine rings is 1. The first kappa shape index (κ1) is 7.49. The van der Waals surface area contributed by atoms with Crippen LogP contribution >= 0.6 is 0 Å². The quantitative estimate of drug-likeness (QED) is 0.388. The number of fused-ring (bicyclic) bond motifs is 1. The summed E-state index contributed by atoms with van der Waals surface area (Å²) in [5, 5.41) is 27.8. The lowest BCUT2D eigenvalue weighted by atomic mass is 9.86. The van der Waals surface area contributed by atoms with Crippen molar-refractivity contribution in [2.45, 2.75) is 30.8 Å². The van der Waals surface area contributed by atoms with Gasteiger partial charge in [-0.2, -0.15) is 0 Å². The van der Waals surface area contributed by atoms with Crippen molar-refractivity contribution in [3.8, 4) is 0 Å². The molecule has 0 radical (unpaired) electrons. The molecule has 0 amide bonds. The van der Waals surface area contributed by atoms with Crippen LogP contribution in [0.5, 0.6) is 0 Å². The molecule has 3 N–H and O–H groups in total. The summed E-state index contributed by atoms with van der Waals surface area (Å²) in [6, 6.07) is 0.0911. The molecule has 2 aliphatic rings. The van der Waals surface area contributed by atoms with Gasteiger partial charge < -0.3 is 15.3 Å². The molecule has 0 saturated carbocycles. The van der Waals surface area contributed by atoms with Crippen molar-refractivity contribution in [2.24, 2.45) is 0 Å². The molecule has 2 saturated heterocycles. The van der Waals surface area contributed by atoms with Crippen LogP contribution in [0.4, 0.5) is 0 Å². The lowest BCUT2D eigenvalue weighted by Gasteiger charge is -2.50. The van der Waals surface area contributed by atoms with Crippen LogP contribution in [0.25, 0.3) is 0 Å². The number of nitrogens with zero attached hydrogens (tertiary/aromatic N) is 1. The molecular formula is C7H13NO3. The van der Waals surface area contributed by atoms with Gasteiger partial charge in [-0.25, -0.2) is 0 Å². The van der Waals surface area contributed by atoms with Gasteiger partial charge in [0.05, 0.1) is 12.2 Å². The highest BCUT2D eigenvalue weighted by Crippen LogP contribution is 2.28. The van der Waals surface area contributed by atoms with E-state index in [1.165, 1.54) is 0 Å². The molecular weight excluding hydrogens is 146 g/mol. The maximum absolute atomic E-state index is 9.39. The molecule has 11 heavy (non-hydrogen) atoms. The fourth-order valence-electron chi connectivity index (χ4n) is 1.88. The van der Waals surface area contributed by atoms with E-state index in [2.05, 4.69) is 0 Å². The van der Waals surface area contributed by atoms with Crippen molar-refractivity contribution in [2.75, 3.05) is 13.1 Å². The molecule has 2 aliphatic heterocycles. The van der Waals surface area contributed by atoms with E-state index in [0.717, 1.165) is 13.0 Å². The number of aliphatic hydroxyl groups excluding tert-OH is 3. The third-order valence-electron chi connectivity index (χ3n) is 2.74. The van der Waals surface area contributed by atoms with Gasteiger partial charge in [-0.3, -0.25) is 4.90 Å². The Morgan fingerprint density at radius 3 is 2.36 bits per heavy atom. The van der Waals surface area contributed by atoms with Gasteiger partial charge in [0.2, 0.25) is 0 Å². The summed E-state index contributed by atoms with van der Waals surface area (Å²) in [5.74, 6) is 0.